The number of imide groups is 5. The number of hydrogen-bond donors (Lipinski definition) is 2. The summed E-state index contributed by atoms with van der Waals surface area (Å²) in [5.74, 6) is -2.58. The molecule has 131 heavy (non-hydrogen) atoms. The van der Waals surface area contributed by atoms with Gasteiger partial charge in [-0.05, 0) is 176 Å². The van der Waals surface area contributed by atoms with Gasteiger partial charge in [-0.15, -0.1) is 0 Å². The first-order valence-corrected chi connectivity index (χ1v) is 46.0. The molecule has 0 aliphatic carbocycles. The molecule has 2 N–H and O–H groups in total. The number of carboxylic acids is 1. The topological polar surface area (TPSA) is 352 Å². The lowest BCUT2D eigenvalue weighted by Crippen LogP contribution is -2.49. The minimum Gasteiger partial charge on any atom is -0.481 e. The second-order valence-corrected chi connectivity index (χ2v) is 37.1. The summed E-state index contributed by atoms with van der Waals surface area (Å²) >= 11 is 0. The fourth-order valence-electron chi connectivity index (χ4n) is 16.1. The highest BCUT2D eigenvalue weighted by atomic mass is 16.6. The van der Waals surface area contributed by atoms with E-state index in [4.69, 9.17) is 28.8 Å². The molecular formula is C102H145N9O20. The molecule has 29 heteroatoms. The highest BCUT2D eigenvalue weighted by molar-refractivity contribution is 6.08. The van der Waals surface area contributed by atoms with Crippen LogP contribution in [0.15, 0.2) is 157 Å². The van der Waals surface area contributed by atoms with Crippen molar-refractivity contribution < 1.29 is 95.9 Å². The normalized spacial score (nSPS) is 18.8. The monoisotopic (exact) mass is 1820 g/mol. The van der Waals surface area contributed by atoms with E-state index in [0.29, 0.717) is 101 Å². The Morgan fingerprint density at radius 1 is 0.389 bits per heavy atom. The van der Waals surface area contributed by atoms with Crippen LogP contribution in [0.4, 0.5) is 24.0 Å². The number of aliphatic imine (C=N–C) groups is 1. The maximum Gasteiger partial charge on any atom is 0.417 e. The lowest BCUT2D eigenvalue weighted by Gasteiger charge is -2.32. The van der Waals surface area contributed by atoms with Crippen LogP contribution >= 0.6 is 0 Å². The maximum absolute atomic E-state index is 13.2. The molecule has 5 fully saturated rings. The zero-order chi connectivity index (χ0) is 97.5. The van der Waals surface area contributed by atoms with Crippen LogP contribution < -0.4 is 5.32 Å². The van der Waals surface area contributed by atoms with E-state index in [0.717, 1.165) is 57.7 Å². The van der Waals surface area contributed by atoms with Crippen LogP contribution in [0, 0.1) is 65.1 Å². The number of cyclic esters (lactones) is 5. The number of ether oxygens (including phenoxy) is 5. The average molecular weight is 1820 g/mol. The molecule has 10 rings (SSSR count). The predicted molar refractivity (Wildman–Crippen MR) is 502 cm³/mol. The van der Waals surface area contributed by atoms with Crippen molar-refractivity contribution in [3.05, 3.63) is 179 Å². The average Bonchev–Trinajstić information content (AvgIpc) is 1.71. The van der Waals surface area contributed by atoms with Crippen LogP contribution in [0.2, 0.25) is 0 Å². The molecule has 5 aromatic rings. The van der Waals surface area contributed by atoms with Gasteiger partial charge in [0.1, 0.15) is 38.8 Å². The number of benzene rings is 5. The fourth-order valence-corrected chi connectivity index (χ4v) is 16.1. The molecule has 0 spiro atoms. The second-order valence-electron chi connectivity index (χ2n) is 37.1. The molecule has 0 bridgehead atoms. The van der Waals surface area contributed by atoms with E-state index < -0.39 is 60.1 Å². The number of aliphatic carboxylic acids is 1. The van der Waals surface area contributed by atoms with E-state index in [1.165, 1.54) is 36.3 Å². The van der Waals surface area contributed by atoms with Gasteiger partial charge in [-0.2, -0.15) is 0 Å². The van der Waals surface area contributed by atoms with Gasteiger partial charge in [-0.3, -0.25) is 48.1 Å². The number of nitrogens with one attached hydrogen (secondary N) is 1. The van der Waals surface area contributed by atoms with Gasteiger partial charge in [0.15, 0.2) is 0 Å². The molecule has 5 heterocycles. The van der Waals surface area contributed by atoms with Crippen molar-refractivity contribution in [3.8, 4) is 0 Å². The van der Waals surface area contributed by atoms with Crippen molar-refractivity contribution in [1.82, 2.24) is 39.6 Å². The minimum absolute atomic E-state index is 0.00525. The zero-order valence-electron chi connectivity index (χ0n) is 80.9. The number of hydrogen-bond acceptors (Lipinski definition) is 21. The predicted octanol–water partition coefficient (Wildman–Crippen LogP) is 15.9. The number of carboxylic acid groups (broad SMARTS) is 1. The lowest BCUT2D eigenvalue weighted by molar-refractivity contribution is -0.145. The molecule has 29 nitrogen and oxygen atoms in total. The van der Waals surface area contributed by atoms with Crippen LogP contribution in [0.5, 0.6) is 0 Å². The van der Waals surface area contributed by atoms with E-state index in [1.54, 1.807) is 28.1 Å². The number of amides is 12. The third kappa shape index (κ3) is 35.0. The Bertz CT molecular complexity index is 4480. The summed E-state index contributed by atoms with van der Waals surface area (Å²) in [6.45, 7) is 34.4. The molecule has 0 saturated carbocycles. The van der Waals surface area contributed by atoms with E-state index in [1.807, 2.05) is 221 Å². The van der Waals surface area contributed by atoms with Crippen LogP contribution in [0.3, 0.4) is 0 Å². The molecule has 5 aromatic carbocycles. The highest BCUT2D eigenvalue weighted by Gasteiger charge is 2.47. The van der Waals surface area contributed by atoms with Gasteiger partial charge in [-0.25, -0.2) is 48.5 Å². The first-order chi connectivity index (χ1) is 62.1. The fraction of sp³-hybridized carbons (Fsp3) is 0.559. The van der Waals surface area contributed by atoms with Crippen molar-refractivity contribution in [3.63, 3.8) is 0 Å². The van der Waals surface area contributed by atoms with Crippen LogP contribution in [-0.4, -0.2) is 239 Å². The Hall–Kier alpha value is -11.5. The van der Waals surface area contributed by atoms with Gasteiger partial charge in [0, 0.05) is 51.4 Å². The number of carbonyl (C=O) groups excluding carboxylic acids is 13. The van der Waals surface area contributed by atoms with Crippen molar-refractivity contribution >= 4 is 90.3 Å². The standard InChI is InChI=1S/C20H28N2O4.C19H28N2O3.C19H26N2O3.C18H23NO4.C16H21NO3.C10H19NO3/c1-14(2)10-18(15(3)21(4)13-23)19(24)22-17(12-26-20(22)25)11-16-8-6-5-7-9-16;2*1-13(2)10-17(14(3)20-4)18(22)21-16(12-24-19(21)23)11-15-8-6-5-7-9-15;1-12(2)9-16(13(3)20)17(21)19-15(11-23-18(19)22)10-14-7-5-4-6-8-14;1-12(2)8-9-15(18)17-14(11-20-16(17)19)10-13-6-4-3-5-7-13;1-7(2)5-9(10(13)14)8(3)11(4)6-12/h5-9,13-15,17-18H,10-12H2,1-4H3;5-9,13-14,16-17,20H,10-12H2,1-4H3;5-9,13,16-17H,10-12H2,1-4H3;4-8,12,15-16H,9-11H2,1-3H3;3-7,12,14H,8-11H2,1-2H3;6-9H,5H2,1-4H3,(H,13,14)/t15?,17-,18+;14?,16-,17+;16-,17+;15-,16+;14-;8?,9-/m000001/s1. The third-order valence-corrected chi connectivity index (χ3v) is 23.9. The van der Waals surface area contributed by atoms with E-state index in [2.05, 4.69) is 51.9 Å². The highest BCUT2D eigenvalue weighted by Crippen LogP contribution is 2.32. The van der Waals surface area contributed by atoms with Gasteiger partial charge in [0.25, 0.3) is 0 Å². The van der Waals surface area contributed by atoms with Crippen molar-refractivity contribution in [2.75, 3.05) is 61.2 Å². The second kappa shape index (κ2) is 55.6. The molecule has 3 unspecified atom stereocenters. The van der Waals surface area contributed by atoms with E-state index >= 15 is 0 Å². The quantitative estimate of drug-likeness (QED) is 0.0160. The van der Waals surface area contributed by atoms with Gasteiger partial charge >= 0.3 is 36.4 Å². The molecular weight excluding hydrogens is 1670 g/mol. The third-order valence-electron chi connectivity index (χ3n) is 23.9. The van der Waals surface area contributed by atoms with E-state index in [9.17, 15) is 67.1 Å². The van der Waals surface area contributed by atoms with Gasteiger partial charge in [0.2, 0.25) is 42.4 Å². The SMILES string of the molecule is CC(=O)[C@@H](CC(C)C)C(=O)N1C(=O)OC[C@@H]1Cc1ccccc1.CC(C)CCC(=O)N1C(=O)OC[C@@H]1Cc1ccccc1.CC(C)C[C@@H](C(=O)N1C(=O)OC[C@@H]1Cc1ccccc1)C(C)N(C)C=O.CC(C)C[C@@H](C(=O)O)C(C)N(C)C=O.CN=C(C)[C@@H](CC(C)C)C(=O)N1C(=O)OC[C@@H]1Cc1ccccc1.CNC(C)[C@@H](CC(C)C)C(=O)N1C(=O)OC[C@@H]1Cc1ccccc1. The summed E-state index contributed by atoms with van der Waals surface area (Å²) in [5, 5.41) is 12.1. The largest absolute Gasteiger partial charge is 0.481 e. The lowest BCUT2D eigenvalue weighted by atomic mass is 9.88. The molecule has 5 aliphatic heterocycles. The van der Waals surface area contributed by atoms with Gasteiger partial charge in [0.05, 0.1) is 59.8 Å². The van der Waals surface area contributed by atoms with Gasteiger partial charge < -0.3 is 43.9 Å². The van der Waals surface area contributed by atoms with Crippen molar-refractivity contribution in [2.45, 2.75) is 243 Å². The molecule has 12 amide bonds. The summed E-state index contributed by atoms with van der Waals surface area (Å²) in [4.78, 5) is 182. The number of rotatable bonds is 38. The summed E-state index contributed by atoms with van der Waals surface area (Å²) in [7, 11) is 6.78. The number of Topliss-reactive ketones (excluding diaryl/α,β-unsaturated/α-hetero) is 1. The molecule has 5 aliphatic rings. The number of ketones is 1. The number of nitrogens with zero attached hydrogens (tertiary/aromatic N) is 8. The minimum atomic E-state index is -0.833. The Balaban J connectivity index is 0.000000281. The van der Waals surface area contributed by atoms with E-state index in [-0.39, 0.29) is 128 Å². The van der Waals surface area contributed by atoms with Crippen LogP contribution in [0.1, 0.15) is 190 Å². The van der Waals surface area contributed by atoms with Crippen LogP contribution in [0.25, 0.3) is 0 Å². The Morgan fingerprint density at radius 2 is 0.649 bits per heavy atom. The molecule has 5 saturated heterocycles. The Morgan fingerprint density at radius 3 is 0.924 bits per heavy atom. The van der Waals surface area contributed by atoms with Crippen LogP contribution in [-0.2, 0) is 98.9 Å². The Labute approximate surface area is 775 Å². The number of carbonyl (C=O) groups is 14. The first kappa shape index (κ1) is 110. The first-order valence-electron chi connectivity index (χ1n) is 46.0. The molecule has 0 aromatic heterocycles. The molecule has 718 valence electrons. The molecule has 0 radical (unpaired) electrons. The van der Waals surface area contributed by atoms with Crippen molar-refractivity contribution in [1.29, 1.82) is 0 Å². The molecule has 13 atom stereocenters. The summed E-state index contributed by atoms with van der Waals surface area (Å²) in [6, 6.07) is 47.1. The summed E-state index contributed by atoms with van der Waals surface area (Å²) in [6.07, 6.45) is 5.80. The summed E-state index contributed by atoms with van der Waals surface area (Å²) in [5.41, 5.74) is 6.12. The smallest absolute Gasteiger partial charge is 0.417 e. The van der Waals surface area contributed by atoms with Gasteiger partial charge in [-0.1, -0.05) is 235 Å². The maximum atomic E-state index is 13.2. The zero-order valence-corrected chi connectivity index (χ0v) is 80.9. The summed E-state index contributed by atoms with van der Waals surface area (Å²) < 4.78 is 25.6. The Kier molecular flexibility index (Phi) is 46.7. The van der Waals surface area contributed by atoms with Crippen molar-refractivity contribution in [2.24, 2.45) is 70.1 Å².